The first kappa shape index (κ1) is 10.9. The van der Waals surface area contributed by atoms with Gasteiger partial charge < -0.3 is 9.97 Å². The lowest BCUT2D eigenvalue weighted by Crippen LogP contribution is -2.03. The molecule has 0 aliphatic carbocycles. The Kier molecular flexibility index (Phi) is 2.78. The van der Waals surface area contributed by atoms with Crippen LogP contribution in [0.2, 0.25) is 0 Å². The zero-order chi connectivity index (χ0) is 11.7. The number of carbonyl (C=O) groups excluding carboxylic acids is 1. The number of rotatable bonds is 3. The molecule has 1 heterocycles. The van der Waals surface area contributed by atoms with Gasteiger partial charge in [0.05, 0.1) is 16.6 Å². The van der Waals surface area contributed by atoms with Gasteiger partial charge in [0.25, 0.3) is 0 Å². The highest BCUT2D eigenvalue weighted by molar-refractivity contribution is 6.19. The standard InChI is InChI=1S/C10H8ClFN2O2/c11-2-1-9(15)5-3-7-8(4-6(5)12)14-10(16)13-7/h3-4H,1-2H2,(H2,13,14,16). The molecule has 2 aromatic rings. The Balaban J connectivity index is 2.57. The summed E-state index contributed by atoms with van der Waals surface area (Å²) >= 11 is 5.41. The molecular formula is C10H8ClFN2O2. The van der Waals surface area contributed by atoms with E-state index < -0.39 is 11.5 Å². The van der Waals surface area contributed by atoms with Gasteiger partial charge in [0.15, 0.2) is 5.78 Å². The molecule has 0 spiro atoms. The summed E-state index contributed by atoms with van der Waals surface area (Å²) in [5.74, 6) is -0.894. The van der Waals surface area contributed by atoms with E-state index in [0.29, 0.717) is 11.0 Å². The van der Waals surface area contributed by atoms with Gasteiger partial charge in [0, 0.05) is 18.4 Å². The van der Waals surface area contributed by atoms with Crippen LogP contribution >= 0.6 is 11.6 Å². The fraction of sp³-hybridized carbons (Fsp3) is 0.200. The summed E-state index contributed by atoms with van der Waals surface area (Å²) in [5.41, 5.74) is 0.258. The van der Waals surface area contributed by atoms with Gasteiger partial charge in [-0.3, -0.25) is 4.79 Å². The van der Waals surface area contributed by atoms with Crippen LogP contribution in [0.4, 0.5) is 4.39 Å². The van der Waals surface area contributed by atoms with Gasteiger partial charge in [-0.05, 0) is 6.07 Å². The number of hydrogen-bond donors (Lipinski definition) is 2. The molecule has 0 radical (unpaired) electrons. The number of alkyl halides is 1. The van der Waals surface area contributed by atoms with Crippen LogP contribution in [0.3, 0.4) is 0 Å². The van der Waals surface area contributed by atoms with Gasteiger partial charge in [-0.1, -0.05) is 0 Å². The number of H-pyrrole nitrogens is 2. The van der Waals surface area contributed by atoms with E-state index in [-0.39, 0.29) is 23.6 Å². The van der Waals surface area contributed by atoms with E-state index in [2.05, 4.69) is 9.97 Å². The molecule has 0 bridgehead atoms. The van der Waals surface area contributed by atoms with Crippen LogP contribution < -0.4 is 5.69 Å². The lowest BCUT2D eigenvalue weighted by Gasteiger charge is -2.00. The van der Waals surface area contributed by atoms with Gasteiger partial charge in [-0.2, -0.15) is 0 Å². The lowest BCUT2D eigenvalue weighted by molar-refractivity contribution is 0.0985. The van der Waals surface area contributed by atoms with Crippen LogP contribution in [0.25, 0.3) is 11.0 Å². The van der Waals surface area contributed by atoms with E-state index in [4.69, 9.17) is 11.6 Å². The average molecular weight is 243 g/mol. The molecule has 0 amide bonds. The molecule has 4 nitrogen and oxygen atoms in total. The van der Waals surface area contributed by atoms with Crippen molar-refractivity contribution in [3.8, 4) is 0 Å². The Bertz CT molecular complexity index is 602. The Labute approximate surface area is 94.4 Å². The minimum absolute atomic E-state index is 0.0524. The van der Waals surface area contributed by atoms with Gasteiger partial charge in [0.2, 0.25) is 0 Å². The van der Waals surface area contributed by atoms with E-state index in [1.807, 2.05) is 0 Å². The fourth-order valence-corrected chi connectivity index (χ4v) is 1.66. The van der Waals surface area contributed by atoms with Crippen molar-refractivity contribution in [3.05, 3.63) is 34.0 Å². The summed E-state index contributed by atoms with van der Waals surface area (Å²) in [6.45, 7) is 0. The number of benzene rings is 1. The van der Waals surface area contributed by atoms with Crippen LogP contribution in [0, 0.1) is 5.82 Å². The van der Waals surface area contributed by atoms with Crippen molar-refractivity contribution < 1.29 is 9.18 Å². The Hall–Kier alpha value is -1.62. The topological polar surface area (TPSA) is 65.7 Å². The van der Waals surface area contributed by atoms with Crippen molar-refractivity contribution in [1.82, 2.24) is 9.97 Å². The van der Waals surface area contributed by atoms with E-state index in [0.717, 1.165) is 6.07 Å². The first-order chi connectivity index (χ1) is 7.61. The number of nitrogens with one attached hydrogen (secondary N) is 2. The van der Waals surface area contributed by atoms with Crippen LogP contribution in [0.15, 0.2) is 16.9 Å². The van der Waals surface area contributed by atoms with E-state index in [1.165, 1.54) is 6.07 Å². The third kappa shape index (κ3) is 1.86. The molecule has 0 saturated heterocycles. The van der Waals surface area contributed by atoms with Gasteiger partial charge in [0.1, 0.15) is 5.82 Å². The van der Waals surface area contributed by atoms with E-state index in [9.17, 15) is 14.0 Å². The number of aromatic amines is 2. The predicted octanol–water partition coefficient (Wildman–Crippen LogP) is 1.81. The summed E-state index contributed by atoms with van der Waals surface area (Å²) < 4.78 is 13.5. The highest BCUT2D eigenvalue weighted by Gasteiger charge is 2.13. The average Bonchev–Trinajstić information content (AvgIpc) is 2.56. The summed E-state index contributed by atoms with van der Waals surface area (Å²) in [5, 5.41) is 0. The number of hydrogen-bond acceptors (Lipinski definition) is 2. The second-order valence-corrected chi connectivity index (χ2v) is 3.70. The molecule has 16 heavy (non-hydrogen) atoms. The van der Waals surface area contributed by atoms with Crippen LogP contribution in [-0.2, 0) is 0 Å². The summed E-state index contributed by atoms with van der Waals surface area (Å²) in [7, 11) is 0. The zero-order valence-corrected chi connectivity index (χ0v) is 8.90. The second kappa shape index (κ2) is 4.09. The Morgan fingerprint density at radius 1 is 1.31 bits per heavy atom. The molecule has 2 N–H and O–H groups in total. The molecule has 2 rings (SSSR count). The maximum Gasteiger partial charge on any atom is 0.323 e. The van der Waals surface area contributed by atoms with Gasteiger partial charge >= 0.3 is 5.69 Å². The van der Waals surface area contributed by atoms with Crippen molar-refractivity contribution in [1.29, 1.82) is 0 Å². The molecule has 0 saturated carbocycles. The minimum Gasteiger partial charge on any atom is -0.306 e. The minimum atomic E-state index is -0.655. The molecule has 1 aromatic heterocycles. The largest absolute Gasteiger partial charge is 0.323 e. The SMILES string of the molecule is O=C(CCCl)c1cc2[nH]c(=O)[nH]c2cc1F. The number of fused-ring (bicyclic) bond motifs is 1. The number of imidazole rings is 1. The van der Waals surface area contributed by atoms with Crippen LogP contribution in [-0.4, -0.2) is 21.6 Å². The van der Waals surface area contributed by atoms with Gasteiger partial charge in [-0.15, -0.1) is 11.6 Å². The van der Waals surface area contributed by atoms with Crippen molar-refractivity contribution >= 4 is 28.4 Å². The van der Waals surface area contributed by atoms with Crippen molar-refractivity contribution in [2.24, 2.45) is 0 Å². The molecule has 0 fully saturated rings. The molecular weight excluding hydrogens is 235 g/mol. The molecule has 6 heteroatoms. The highest BCUT2D eigenvalue weighted by Crippen LogP contribution is 2.16. The number of halogens is 2. The summed E-state index contributed by atoms with van der Waals surface area (Å²) in [4.78, 5) is 27.3. The third-order valence-corrected chi connectivity index (χ3v) is 2.41. The van der Waals surface area contributed by atoms with Crippen molar-refractivity contribution in [2.75, 3.05) is 5.88 Å². The lowest BCUT2D eigenvalue weighted by atomic mass is 10.1. The molecule has 0 atom stereocenters. The quantitative estimate of drug-likeness (QED) is 0.637. The number of aromatic nitrogens is 2. The van der Waals surface area contributed by atoms with Crippen molar-refractivity contribution in [3.63, 3.8) is 0 Å². The number of carbonyl (C=O) groups is 1. The zero-order valence-electron chi connectivity index (χ0n) is 8.14. The first-order valence-corrected chi connectivity index (χ1v) is 5.16. The summed E-state index contributed by atoms with van der Waals surface area (Å²) in [6.07, 6.45) is 0.0681. The normalized spacial score (nSPS) is 10.9. The maximum absolute atomic E-state index is 13.5. The van der Waals surface area contributed by atoms with Crippen LogP contribution in [0.5, 0.6) is 0 Å². The smallest absolute Gasteiger partial charge is 0.306 e. The van der Waals surface area contributed by atoms with Gasteiger partial charge in [-0.25, -0.2) is 9.18 Å². The Morgan fingerprint density at radius 3 is 2.56 bits per heavy atom. The number of ketones is 1. The fourth-order valence-electron chi connectivity index (χ4n) is 1.49. The molecule has 0 unspecified atom stereocenters. The molecule has 0 aliphatic heterocycles. The Morgan fingerprint density at radius 2 is 1.94 bits per heavy atom. The van der Waals surface area contributed by atoms with Crippen LogP contribution in [0.1, 0.15) is 16.8 Å². The molecule has 1 aromatic carbocycles. The first-order valence-electron chi connectivity index (χ1n) is 4.62. The molecule has 84 valence electrons. The predicted molar refractivity (Wildman–Crippen MR) is 58.5 cm³/mol. The van der Waals surface area contributed by atoms with E-state index >= 15 is 0 Å². The maximum atomic E-state index is 13.5. The number of Topliss-reactive ketones (excluding diaryl/α,β-unsaturated/α-hetero) is 1. The highest BCUT2D eigenvalue weighted by atomic mass is 35.5. The second-order valence-electron chi connectivity index (χ2n) is 3.32. The third-order valence-electron chi connectivity index (χ3n) is 2.23. The van der Waals surface area contributed by atoms with Crippen molar-refractivity contribution in [2.45, 2.75) is 6.42 Å². The van der Waals surface area contributed by atoms with E-state index in [1.54, 1.807) is 0 Å². The monoisotopic (exact) mass is 242 g/mol. The molecule has 0 aliphatic rings. The summed E-state index contributed by atoms with van der Waals surface area (Å²) in [6, 6.07) is 2.44.